The van der Waals surface area contributed by atoms with Crippen LogP contribution in [-0.4, -0.2) is 43.8 Å². The molecule has 0 aliphatic carbocycles. The molecule has 1 atom stereocenters. The summed E-state index contributed by atoms with van der Waals surface area (Å²) in [6, 6.07) is 19.5. The number of nitrogens with one attached hydrogen (secondary N) is 1. The van der Waals surface area contributed by atoms with Gasteiger partial charge in [0.2, 0.25) is 5.78 Å². The average molecular weight is 503 g/mol. The first kappa shape index (κ1) is 26.1. The summed E-state index contributed by atoms with van der Waals surface area (Å²) in [5, 5.41) is 13.7. The van der Waals surface area contributed by atoms with Crippen LogP contribution in [0.5, 0.6) is 5.75 Å². The number of ether oxygens (including phenoxy) is 1. The zero-order valence-electron chi connectivity index (χ0n) is 21.3. The van der Waals surface area contributed by atoms with E-state index in [1.165, 1.54) is 34.1 Å². The molecule has 1 N–H and O–H groups in total. The molecule has 1 aliphatic rings. The number of hydrogen-bond acceptors (Lipinski definition) is 4. The van der Waals surface area contributed by atoms with E-state index in [9.17, 15) is 19.1 Å². The number of quaternary nitrogens is 1. The third kappa shape index (κ3) is 5.89. The van der Waals surface area contributed by atoms with E-state index in [1.807, 2.05) is 44.4 Å². The van der Waals surface area contributed by atoms with Crippen molar-refractivity contribution in [1.29, 1.82) is 0 Å². The summed E-state index contributed by atoms with van der Waals surface area (Å²) in [7, 11) is 4.01. The number of aryl methyl sites for hydroxylation is 1. The molecular formula is C30H31FN2O4. The highest BCUT2D eigenvalue weighted by atomic mass is 19.1. The van der Waals surface area contributed by atoms with Gasteiger partial charge in [-0.1, -0.05) is 54.3 Å². The Balaban J connectivity index is 1.68. The number of rotatable bonds is 9. The van der Waals surface area contributed by atoms with Gasteiger partial charge < -0.3 is 19.6 Å². The summed E-state index contributed by atoms with van der Waals surface area (Å²) in [4.78, 5) is 28.9. The van der Waals surface area contributed by atoms with Crippen LogP contribution in [0.15, 0.2) is 78.4 Å². The van der Waals surface area contributed by atoms with Crippen LogP contribution in [0.4, 0.5) is 4.39 Å². The fourth-order valence-electron chi connectivity index (χ4n) is 4.56. The molecule has 37 heavy (non-hydrogen) atoms. The molecule has 192 valence electrons. The molecule has 0 radical (unpaired) electrons. The van der Waals surface area contributed by atoms with Gasteiger partial charge in [0.1, 0.15) is 18.2 Å². The Morgan fingerprint density at radius 3 is 2.38 bits per heavy atom. The van der Waals surface area contributed by atoms with Crippen molar-refractivity contribution >= 4 is 17.4 Å². The number of benzene rings is 3. The predicted molar refractivity (Wildman–Crippen MR) is 137 cm³/mol. The molecule has 0 bridgehead atoms. The van der Waals surface area contributed by atoms with Crippen molar-refractivity contribution in [3.8, 4) is 5.75 Å². The highest BCUT2D eigenvalue weighted by molar-refractivity contribution is 6.46. The van der Waals surface area contributed by atoms with Crippen LogP contribution in [0.3, 0.4) is 0 Å². The monoisotopic (exact) mass is 502 g/mol. The zero-order chi connectivity index (χ0) is 26.5. The largest absolute Gasteiger partial charge is 0.872 e. The van der Waals surface area contributed by atoms with Crippen LogP contribution in [0.1, 0.15) is 34.7 Å². The maximum absolute atomic E-state index is 13.7. The Kier molecular flexibility index (Phi) is 8.04. The molecule has 0 aromatic heterocycles. The minimum Gasteiger partial charge on any atom is -0.872 e. The van der Waals surface area contributed by atoms with Crippen LogP contribution in [0, 0.1) is 12.7 Å². The van der Waals surface area contributed by atoms with E-state index < -0.39 is 29.3 Å². The van der Waals surface area contributed by atoms with Crippen molar-refractivity contribution in [2.45, 2.75) is 26.0 Å². The standard InChI is InChI=1S/C30H31FN2O4/c1-20-18-24(37-19-21-8-5-4-6-9-21)14-15-25(20)28(34)26-27(22-10-12-23(31)13-11-22)33(30(36)29(26)35)17-7-16-32(2)3/h4-6,8-15,18,27,34H,7,16-17,19H2,1-3H3. The van der Waals surface area contributed by atoms with E-state index in [2.05, 4.69) is 0 Å². The maximum atomic E-state index is 13.7. The second-order valence-corrected chi connectivity index (χ2v) is 9.59. The molecule has 6 nitrogen and oxygen atoms in total. The van der Waals surface area contributed by atoms with Crippen molar-refractivity contribution in [1.82, 2.24) is 4.90 Å². The number of nitrogens with zero attached hydrogens (tertiary/aromatic N) is 1. The summed E-state index contributed by atoms with van der Waals surface area (Å²) < 4.78 is 19.5. The lowest BCUT2D eigenvalue weighted by Crippen LogP contribution is -3.05. The van der Waals surface area contributed by atoms with Gasteiger partial charge in [0, 0.05) is 18.5 Å². The van der Waals surface area contributed by atoms with E-state index >= 15 is 0 Å². The van der Waals surface area contributed by atoms with Gasteiger partial charge in [-0.15, -0.1) is 0 Å². The minimum atomic E-state index is -0.862. The smallest absolute Gasteiger partial charge is 0.295 e. The highest BCUT2D eigenvalue weighted by Gasteiger charge is 2.44. The third-order valence-electron chi connectivity index (χ3n) is 6.48. The molecule has 1 amide bonds. The summed E-state index contributed by atoms with van der Waals surface area (Å²) in [5.74, 6) is -1.84. The zero-order valence-corrected chi connectivity index (χ0v) is 21.3. The van der Waals surface area contributed by atoms with Crippen LogP contribution in [-0.2, 0) is 16.2 Å². The normalized spacial score (nSPS) is 17.0. The van der Waals surface area contributed by atoms with Crippen LogP contribution in [0.25, 0.3) is 5.76 Å². The molecule has 0 saturated carbocycles. The van der Waals surface area contributed by atoms with Gasteiger partial charge in [0.15, 0.2) is 0 Å². The van der Waals surface area contributed by atoms with Gasteiger partial charge in [-0.2, -0.15) is 0 Å². The highest BCUT2D eigenvalue weighted by Crippen LogP contribution is 2.39. The number of ketones is 1. The second kappa shape index (κ2) is 11.4. The lowest BCUT2D eigenvalue weighted by Gasteiger charge is -2.28. The van der Waals surface area contributed by atoms with Crippen molar-refractivity contribution in [2.75, 3.05) is 27.2 Å². The van der Waals surface area contributed by atoms with E-state index in [1.54, 1.807) is 25.1 Å². The van der Waals surface area contributed by atoms with Crippen molar-refractivity contribution < 1.29 is 28.7 Å². The van der Waals surface area contributed by atoms with E-state index in [-0.39, 0.29) is 5.57 Å². The van der Waals surface area contributed by atoms with Gasteiger partial charge in [0.25, 0.3) is 5.91 Å². The van der Waals surface area contributed by atoms with E-state index in [4.69, 9.17) is 4.74 Å². The fourth-order valence-corrected chi connectivity index (χ4v) is 4.56. The SMILES string of the molecule is Cc1cc(OCc2ccccc2)ccc1C([O-])=C1C(=O)C(=O)N(CCC[NH+](C)C)C1c1ccc(F)cc1. The van der Waals surface area contributed by atoms with E-state index in [0.29, 0.717) is 42.0 Å². The molecule has 1 saturated heterocycles. The Labute approximate surface area is 216 Å². The Morgan fingerprint density at radius 2 is 1.73 bits per heavy atom. The van der Waals surface area contributed by atoms with Gasteiger partial charge >= 0.3 is 0 Å². The first-order valence-corrected chi connectivity index (χ1v) is 12.3. The number of likely N-dealkylation sites (tertiary alicyclic amines) is 1. The Hall–Kier alpha value is -3.97. The molecule has 1 unspecified atom stereocenters. The molecule has 1 heterocycles. The summed E-state index contributed by atoms with van der Waals surface area (Å²) >= 11 is 0. The van der Waals surface area contributed by atoms with Gasteiger partial charge in [-0.05, 0) is 53.4 Å². The van der Waals surface area contributed by atoms with Crippen LogP contribution in [0.2, 0.25) is 0 Å². The van der Waals surface area contributed by atoms with Crippen molar-refractivity contribution in [3.63, 3.8) is 0 Å². The Bertz CT molecular complexity index is 1300. The predicted octanol–water partition coefficient (Wildman–Crippen LogP) is 2.47. The minimum absolute atomic E-state index is 0.102. The fraction of sp³-hybridized carbons (Fsp3) is 0.267. The molecule has 3 aromatic rings. The van der Waals surface area contributed by atoms with Crippen LogP contribution < -0.4 is 14.7 Å². The van der Waals surface area contributed by atoms with Gasteiger partial charge in [-0.3, -0.25) is 9.59 Å². The van der Waals surface area contributed by atoms with Crippen LogP contribution >= 0.6 is 0 Å². The summed E-state index contributed by atoms with van der Waals surface area (Å²) in [5.41, 5.74) is 2.41. The second-order valence-electron chi connectivity index (χ2n) is 9.59. The van der Waals surface area contributed by atoms with Gasteiger partial charge in [0.05, 0.1) is 26.7 Å². The summed E-state index contributed by atoms with van der Waals surface area (Å²) in [6.45, 7) is 3.27. The molecule has 1 aliphatic heterocycles. The number of halogens is 1. The Morgan fingerprint density at radius 1 is 1.03 bits per heavy atom. The molecular weight excluding hydrogens is 471 g/mol. The van der Waals surface area contributed by atoms with E-state index in [0.717, 1.165) is 12.1 Å². The number of hydrogen-bond donors (Lipinski definition) is 1. The first-order valence-electron chi connectivity index (χ1n) is 12.3. The molecule has 1 fully saturated rings. The quantitative estimate of drug-likeness (QED) is 0.277. The molecule has 4 rings (SSSR count). The van der Waals surface area contributed by atoms with Crippen molar-refractivity contribution in [3.05, 3.63) is 106 Å². The number of carbonyl (C=O) groups excluding carboxylic acids is 2. The lowest BCUT2D eigenvalue weighted by atomic mass is 9.94. The summed E-state index contributed by atoms with van der Waals surface area (Å²) in [6.07, 6.45) is 0.660. The molecule has 3 aromatic carbocycles. The number of carbonyl (C=O) groups is 2. The maximum Gasteiger partial charge on any atom is 0.295 e. The number of Topliss-reactive ketones (excluding diaryl/α,β-unsaturated/α-hetero) is 1. The first-order chi connectivity index (χ1) is 17.8. The van der Waals surface area contributed by atoms with Crippen molar-refractivity contribution in [2.24, 2.45) is 0 Å². The average Bonchev–Trinajstić information content (AvgIpc) is 3.13. The van der Waals surface area contributed by atoms with Gasteiger partial charge in [-0.25, -0.2) is 4.39 Å². The molecule has 7 heteroatoms. The third-order valence-corrected chi connectivity index (χ3v) is 6.48. The number of amides is 1. The topological polar surface area (TPSA) is 74.1 Å². The lowest BCUT2D eigenvalue weighted by molar-refractivity contribution is -0.858. The molecule has 0 spiro atoms.